The van der Waals surface area contributed by atoms with E-state index in [4.69, 9.17) is 34.4 Å². The molecule has 236 valence electrons. The fourth-order valence-electron chi connectivity index (χ4n) is 5.51. The highest BCUT2D eigenvalue weighted by atomic mass is 16.6. The fraction of sp³-hybridized carbons (Fsp3) is 0.600. The second-order valence-corrected chi connectivity index (χ2v) is 12.1. The molecule has 0 N–H and O–H groups in total. The topological polar surface area (TPSA) is 155 Å². The van der Waals surface area contributed by atoms with E-state index >= 15 is 0 Å². The number of nitrogens with zero attached hydrogens (tertiary/aromatic N) is 8. The summed E-state index contributed by atoms with van der Waals surface area (Å²) in [6.07, 6.45) is 0.561. The van der Waals surface area contributed by atoms with Crippen LogP contribution in [0.3, 0.4) is 0 Å². The van der Waals surface area contributed by atoms with E-state index in [1.54, 1.807) is 9.80 Å². The summed E-state index contributed by atoms with van der Waals surface area (Å²) in [6.45, 7) is 8.71. The monoisotopic (exact) mass is 608 g/mol. The molecule has 0 saturated carbocycles. The zero-order valence-electron chi connectivity index (χ0n) is 25.6. The lowest BCUT2D eigenvalue weighted by atomic mass is 10.0. The summed E-state index contributed by atoms with van der Waals surface area (Å²) in [4.78, 5) is 44.0. The first-order valence-electron chi connectivity index (χ1n) is 15.1. The summed E-state index contributed by atoms with van der Waals surface area (Å²) in [7, 11) is 0. The molecule has 2 aromatic rings. The molecule has 14 heteroatoms. The van der Waals surface area contributed by atoms with Gasteiger partial charge in [0.05, 0.1) is 31.4 Å². The van der Waals surface area contributed by atoms with Gasteiger partial charge in [-0.3, -0.25) is 0 Å². The number of hydrogen-bond donors (Lipinski definition) is 0. The second kappa shape index (κ2) is 14.0. The van der Waals surface area contributed by atoms with E-state index in [0.29, 0.717) is 70.2 Å². The van der Waals surface area contributed by atoms with Crippen molar-refractivity contribution in [1.29, 1.82) is 0 Å². The quantitative estimate of drug-likeness (QED) is 0.278. The minimum atomic E-state index is -0.625. The molecule has 1 aromatic carbocycles. The van der Waals surface area contributed by atoms with Crippen molar-refractivity contribution in [2.75, 3.05) is 50.8 Å². The van der Waals surface area contributed by atoms with Gasteiger partial charge in [0.25, 0.3) is 0 Å². The Morgan fingerprint density at radius 1 is 1.11 bits per heavy atom. The molecule has 2 unspecified atom stereocenters. The van der Waals surface area contributed by atoms with Gasteiger partial charge in [0.15, 0.2) is 0 Å². The minimum absolute atomic E-state index is 0.128. The molecule has 4 heterocycles. The lowest BCUT2D eigenvalue weighted by Gasteiger charge is -2.43. The van der Waals surface area contributed by atoms with Crippen LogP contribution >= 0.6 is 0 Å². The number of fused-ring (bicyclic) bond motifs is 6. The van der Waals surface area contributed by atoms with Crippen molar-refractivity contribution < 1.29 is 28.5 Å². The summed E-state index contributed by atoms with van der Waals surface area (Å²) in [5.41, 5.74) is 10.8. The van der Waals surface area contributed by atoms with Gasteiger partial charge < -0.3 is 33.6 Å². The Bertz CT molecular complexity index is 1360. The number of piperazine rings is 1. The lowest BCUT2D eigenvalue weighted by Crippen LogP contribution is -2.57. The molecular weight excluding hydrogens is 568 g/mol. The summed E-state index contributed by atoms with van der Waals surface area (Å²) in [6, 6.07) is 9.56. The maximum atomic E-state index is 13.1. The largest absolute Gasteiger partial charge is 0.460 e. The number of amides is 2. The minimum Gasteiger partial charge on any atom is -0.460 e. The highest BCUT2D eigenvalue weighted by molar-refractivity contribution is 5.70. The van der Waals surface area contributed by atoms with E-state index in [1.807, 2.05) is 51.1 Å². The number of anilines is 1. The lowest BCUT2D eigenvalue weighted by molar-refractivity contribution is 0.0219. The van der Waals surface area contributed by atoms with E-state index in [9.17, 15) is 9.59 Å². The smallest absolute Gasteiger partial charge is 0.410 e. The summed E-state index contributed by atoms with van der Waals surface area (Å²) >= 11 is 0. The van der Waals surface area contributed by atoms with Crippen LogP contribution in [0.4, 0.5) is 15.4 Å². The number of benzene rings is 1. The van der Waals surface area contributed by atoms with Gasteiger partial charge in [0, 0.05) is 43.3 Å². The number of aromatic nitrogens is 2. The third-order valence-electron chi connectivity index (χ3n) is 7.64. The average molecular weight is 609 g/mol. The molecule has 14 nitrogen and oxygen atoms in total. The Morgan fingerprint density at radius 2 is 1.93 bits per heavy atom. The predicted octanol–water partition coefficient (Wildman–Crippen LogP) is 4.47. The third-order valence-corrected chi connectivity index (χ3v) is 7.64. The van der Waals surface area contributed by atoms with Gasteiger partial charge in [0.2, 0.25) is 0 Å². The van der Waals surface area contributed by atoms with Gasteiger partial charge in [-0.2, -0.15) is 9.97 Å². The molecule has 2 amide bonds. The van der Waals surface area contributed by atoms with E-state index < -0.39 is 17.8 Å². The van der Waals surface area contributed by atoms with E-state index in [-0.39, 0.29) is 37.8 Å². The Hall–Kier alpha value is -4.29. The number of ether oxygens (including phenoxy) is 4. The van der Waals surface area contributed by atoms with Crippen LogP contribution in [0.25, 0.3) is 10.4 Å². The van der Waals surface area contributed by atoms with Crippen molar-refractivity contribution in [1.82, 2.24) is 19.8 Å². The molecule has 0 radical (unpaired) electrons. The van der Waals surface area contributed by atoms with Crippen molar-refractivity contribution in [2.24, 2.45) is 5.11 Å². The molecule has 44 heavy (non-hydrogen) atoms. The molecule has 0 spiro atoms. The van der Waals surface area contributed by atoms with Crippen molar-refractivity contribution in [3.05, 3.63) is 57.6 Å². The van der Waals surface area contributed by atoms with Gasteiger partial charge in [-0.15, -0.1) is 0 Å². The van der Waals surface area contributed by atoms with Crippen LogP contribution in [0, 0.1) is 0 Å². The molecule has 2 atom stereocenters. The molecule has 3 aliphatic rings. The maximum Gasteiger partial charge on any atom is 0.410 e. The maximum absolute atomic E-state index is 13.1. The molecule has 2 bridgehead atoms. The first kappa shape index (κ1) is 31.1. The van der Waals surface area contributed by atoms with Crippen LogP contribution in [0.15, 0.2) is 35.4 Å². The molecule has 0 aliphatic carbocycles. The van der Waals surface area contributed by atoms with E-state index in [2.05, 4.69) is 14.9 Å². The van der Waals surface area contributed by atoms with Gasteiger partial charge in [-0.1, -0.05) is 35.4 Å². The van der Waals surface area contributed by atoms with Gasteiger partial charge in [-0.25, -0.2) is 9.59 Å². The number of carbonyl (C=O) groups excluding carboxylic acids is 2. The molecule has 1 fully saturated rings. The van der Waals surface area contributed by atoms with Crippen LogP contribution in [0.1, 0.15) is 50.4 Å². The van der Waals surface area contributed by atoms with Crippen molar-refractivity contribution >= 4 is 18.0 Å². The molecule has 1 aromatic heterocycles. The number of hydrogen-bond acceptors (Lipinski definition) is 10. The van der Waals surface area contributed by atoms with Crippen LogP contribution in [-0.4, -0.2) is 95.6 Å². The van der Waals surface area contributed by atoms with Gasteiger partial charge in [-0.05, 0) is 51.1 Å². The normalized spacial score (nSPS) is 20.5. The van der Waals surface area contributed by atoms with Crippen molar-refractivity contribution in [3.63, 3.8) is 0 Å². The fourth-order valence-corrected chi connectivity index (χ4v) is 5.51. The molecule has 5 rings (SSSR count). The molecular formula is C30H40N8O6. The Morgan fingerprint density at radius 3 is 2.70 bits per heavy atom. The summed E-state index contributed by atoms with van der Waals surface area (Å²) < 4.78 is 23.6. The van der Waals surface area contributed by atoms with E-state index in [0.717, 1.165) is 11.1 Å². The average Bonchev–Trinajstić information content (AvgIpc) is 3.00. The van der Waals surface area contributed by atoms with Gasteiger partial charge >= 0.3 is 18.2 Å². The second-order valence-electron chi connectivity index (χ2n) is 12.1. The summed E-state index contributed by atoms with van der Waals surface area (Å²) in [5, 5.41) is 3.72. The standard InChI is InChI=1S/C30H40N8O6/c1-30(2,3)44-29(40)36-12-11-24-25(18-36)33-27-34-26(24)38-14-13-37(28(39)42-19-21-8-5-4-6-9-21)17-22(38)20-41-15-7-10-23(43-27)16-32-35-31/h4-6,8-9,22-23H,7,10-20H2,1-3H3. The van der Waals surface area contributed by atoms with Crippen molar-refractivity contribution in [2.45, 2.75) is 70.9 Å². The molecule has 3 aliphatic heterocycles. The Labute approximate surface area is 256 Å². The van der Waals surface area contributed by atoms with Crippen LogP contribution in [0.2, 0.25) is 0 Å². The number of carbonyl (C=O) groups is 2. The predicted molar refractivity (Wildman–Crippen MR) is 160 cm³/mol. The van der Waals surface area contributed by atoms with Crippen LogP contribution in [-0.2, 0) is 33.8 Å². The first-order valence-corrected chi connectivity index (χ1v) is 15.1. The van der Waals surface area contributed by atoms with Crippen LogP contribution < -0.4 is 9.64 Å². The highest BCUT2D eigenvalue weighted by Gasteiger charge is 2.36. The number of rotatable bonds is 4. The van der Waals surface area contributed by atoms with Crippen LogP contribution in [0.5, 0.6) is 6.01 Å². The zero-order valence-corrected chi connectivity index (χ0v) is 25.6. The SMILES string of the molecule is CC(C)(C)OC(=O)N1CCc2c(nc3nc2N2CCN(C(=O)OCc4ccccc4)CC2COCCCC(CN=[N+]=[N-])O3)C1. The zero-order chi connectivity index (χ0) is 31.1. The summed E-state index contributed by atoms with van der Waals surface area (Å²) in [5.74, 6) is 0.697. The van der Waals surface area contributed by atoms with Crippen molar-refractivity contribution in [3.8, 4) is 6.01 Å². The first-order chi connectivity index (χ1) is 21.2. The Balaban J connectivity index is 1.41. The van der Waals surface area contributed by atoms with E-state index in [1.165, 1.54) is 0 Å². The highest BCUT2D eigenvalue weighted by Crippen LogP contribution is 2.32. The number of azide groups is 1. The van der Waals surface area contributed by atoms with Gasteiger partial charge in [0.1, 0.15) is 24.1 Å². The molecule has 1 saturated heterocycles. The third kappa shape index (κ3) is 8.00. The Kier molecular flexibility index (Phi) is 9.91.